The predicted molar refractivity (Wildman–Crippen MR) is 79.7 cm³/mol. The van der Waals surface area contributed by atoms with E-state index in [9.17, 15) is 0 Å². The largest absolute Gasteiger partial charge is 0.425 e. The van der Waals surface area contributed by atoms with Crippen LogP contribution in [0.5, 0.6) is 0 Å². The Hall–Kier alpha value is -1.68. The standard InChI is InChI=1S/C16H23N3O/c1-12(2)17-9-5-8-15-18-19-16(20-15)11-14-7-4-6-13(3)10-14/h4,6-7,10,12,17H,5,8-9,11H2,1-3H3. The van der Waals surface area contributed by atoms with E-state index in [-0.39, 0.29) is 0 Å². The van der Waals surface area contributed by atoms with Crippen LogP contribution in [0.25, 0.3) is 0 Å². The van der Waals surface area contributed by atoms with Crippen molar-refractivity contribution in [3.63, 3.8) is 0 Å². The van der Waals surface area contributed by atoms with E-state index in [4.69, 9.17) is 4.42 Å². The lowest BCUT2D eigenvalue weighted by molar-refractivity contribution is 0.446. The Labute approximate surface area is 120 Å². The van der Waals surface area contributed by atoms with Crippen LogP contribution in [-0.2, 0) is 12.8 Å². The number of hydrogen-bond acceptors (Lipinski definition) is 4. The van der Waals surface area contributed by atoms with Crippen LogP contribution < -0.4 is 5.32 Å². The fourth-order valence-corrected chi connectivity index (χ4v) is 2.09. The summed E-state index contributed by atoms with van der Waals surface area (Å²) >= 11 is 0. The number of rotatable bonds is 7. The molecule has 0 aliphatic heterocycles. The SMILES string of the molecule is Cc1cccc(Cc2nnc(CCCNC(C)C)o2)c1. The second-order valence-electron chi connectivity index (χ2n) is 5.47. The average Bonchev–Trinajstić information content (AvgIpc) is 2.82. The molecule has 0 aliphatic carbocycles. The zero-order valence-corrected chi connectivity index (χ0v) is 12.5. The summed E-state index contributed by atoms with van der Waals surface area (Å²) in [6.07, 6.45) is 2.56. The Bertz CT molecular complexity index is 534. The Morgan fingerprint density at radius 2 is 2.00 bits per heavy atom. The molecule has 0 saturated carbocycles. The summed E-state index contributed by atoms with van der Waals surface area (Å²) < 4.78 is 5.68. The second kappa shape index (κ2) is 7.20. The molecule has 0 spiro atoms. The zero-order valence-electron chi connectivity index (χ0n) is 12.5. The van der Waals surface area contributed by atoms with Crippen LogP contribution in [0.3, 0.4) is 0 Å². The number of aryl methyl sites for hydroxylation is 2. The van der Waals surface area contributed by atoms with Crippen LogP contribution in [0.2, 0.25) is 0 Å². The Balaban J connectivity index is 1.83. The highest BCUT2D eigenvalue weighted by molar-refractivity contribution is 5.24. The highest BCUT2D eigenvalue weighted by atomic mass is 16.4. The minimum absolute atomic E-state index is 0.523. The van der Waals surface area contributed by atoms with Crippen molar-refractivity contribution in [2.24, 2.45) is 0 Å². The van der Waals surface area contributed by atoms with Gasteiger partial charge >= 0.3 is 0 Å². The summed E-state index contributed by atoms with van der Waals surface area (Å²) in [7, 11) is 0. The van der Waals surface area contributed by atoms with Gasteiger partial charge in [-0.1, -0.05) is 43.7 Å². The van der Waals surface area contributed by atoms with Crippen LogP contribution in [0, 0.1) is 6.92 Å². The molecule has 1 heterocycles. The van der Waals surface area contributed by atoms with Gasteiger partial charge in [0.15, 0.2) is 0 Å². The molecule has 2 rings (SSSR count). The average molecular weight is 273 g/mol. The molecule has 2 aromatic rings. The maximum atomic E-state index is 5.68. The van der Waals surface area contributed by atoms with Crippen molar-refractivity contribution in [1.82, 2.24) is 15.5 Å². The second-order valence-corrected chi connectivity index (χ2v) is 5.47. The lowest BCUT2D eigenvalue weighted by Crippen LogP contribution is -2.23. The summed E-state index contributed by atoms with van der Waals surface area (Å²) in [6.45, 7) is 7.36. The van der Waals surface area contributed by atoms with Gasteiger partial charge in [0, 0.05) is 12.5 Å². The van der Waals surface area contributed by atoms with Gasteiger partial charge < -0.3 is 9.73 Å². The van der Waals surface area contributed by atoms with Crippen LogP contribution in [-0.4, -0.2) is 22.8 Å². The van der Waals surface area contributed by atoms with E-state index in [2.05, 4.69) is 60.6 Å². The van der Waals surface area contributed by atoms with Crippen molar-refractivity contribution in [3.05, 3.63) is 47.2 Å². The van der Waals surface area contributed by atoms with Crippen LogP contribution in [0.4, 0.5) is 0 Å². The van der Waals surface area contributed by atoms with Crippen molar-refractivity contribution in [3.8, 4) is 0 Å². The van der Waals surface area contributed by atoms with Crippen molar-refractivity contribution in [2.75, 3.05) is 6.54 Å². The Morgan fingerprint density at radius 3 is 2.75 bits per heavy atom. The summed E-state index contributed by atoms with van der Waals surface area (Å²) in [5.41, 5.74) is 2.46. The van der Waals surface area contributed by atoms with E-state index in [0.29, 0.717) is 18.4 Å². The molecule has 1 aromatic carbocycles. The first kappa shape index (κ1) is 14.7. The van der Waals surface area contributed by atoms with Gasteiger partial charge in [0.25, 0.3) is 0 Å². The third-order valence-electron chi connectivity index (χ3n) is 3.07. The Morgan fingerprint density at radius 1 is 1.20 bits per heavy atom. The topological polar surface area (TPSA) is 51.0 Å². The van der Waals surface area contributed by atoms with Crippen molar-refractivity contribution >= 4 is 0 Å². The molecule has 0 atom stereocenters. The van der Waals surface area contributed by atoms with Crippen LogP contribution in [0.1, 0.15) is 43.2 Å². The van der Waals surface area contributed by atoms with Gasteiger partial charge in [0.05, 0.1) is 6.42 Å². The smallest absolute Gasteiger partial charge is 0.220 e. The summed E-state index contributed by atoms with van der Waals surface area (Å²) in [4.78, 5) is 0. The molecule has 0 fully saturated rings. The van der Waals surface area contributed by atoms with Crippen LogP contribution in [0.15, 0.2) is 28.7 Å². The molecule has 0 saturated heterocycles. The first-order valence-electron chi connectivity index (χ1n) is 7.23. The zero-order chi connectivity index (χ0) is 14.4. The number of hydrogen-bond donors (Lipinski definition) is 1. The quantitative estimate of drug-likeness (QED) is 0.788. The third kappa shape index (κ3) is 4.78. The molecule has 4 nitrogen and oxygen atoms in total. The van der Waals surface area contributed by atoms with Crippen molar-refractivity contribution in [2.45, 2.75) is 46.1 Å². The summed E-state index contributed by atoms with van der Waals surface area (Å²) in [6, 6.07) is 8.90. The molecule has 1 N–H and O–H groups in total. The fourth-order valence-electron chi connectivity index (χ4n) is 2.09. The molecule has 108 valence electrons. The molecule has 0 radical (unpaired) electrons. The van der Waals surface area contributed by atoms with E-state index < -0.39 is 0 Å². The fraction of sp³-hybridized carbons (Fsp3) is 0.500. The van der Waals surface area contributed by atoms with Crippen molar-refractivity contribution in [1.29, 1.82) is 0 Å². The summed E-state index contributed by atoms with van der Waals surface area (Å²) in [5, 5.41) is 11.6. The molecule has 0 bridgehead atoms. The van der Waals surface area contributed by atoms with Crippen molar-refractivity contribution < 1.29 is 4.42 Å². The van der Waals surface area contributed by atoms with E-state index in [0.717, 1.165) is 25.3 Å². The molecule has 0 amide bonds. The van der Waals surface area contributed by atoms with Gasteiger partial charge in [-0.05, 0) is 25.5 Å². The molecule has 1 aromatic heterocycles. The minimum Gasteiger partial charge on any atom is -0.425 e. The van der Waals surface area contributed by atoms with Gasteiger partial charge in [-0.2, -0.15) is 0 Å². The molecular formula is C16H23N3O. The number of nitrogens with zero attached hydrogens (tertiary/aromatic N) is 2. The lowest BCUT2D eigenvalue weighted by atomic mass is 10.1. The Kier molecular flexibility index (Phi) is 5.30. The first-order valence-corrected chi connectivity index (χ1v) is 7.23. The van der Waals surface area contributed by atoms with Gasteiger partial charge in [-0.3, -0.25) is 0 Å². The highest BCUT2D eigenvalue weighted by Crippen LogP contribution is 2.11. The lowest BCUT2D eigenvalue weighted by Gasteiger charge is -2.05. The molecule has 0 aliphatic rings. The third-order valence-corrected chi connectivity index (χ3v) is 3.07. The van der Waals surface area contributed by atoms with Gasteiger partial charge in [-0.25, -0.2) is 0 Å². The van der Waals surface area contributed by atoms with Gasteiger partial charge in [0.1, 0.15) is 0 Å². The minimum atomic E-state index is 0.523. The van der Waals surface area contributed by atoms with Gasteiger partial charge in [-0.15, -0.1) is 10.2 Å². The monoisotopic (exact) mass is 273 g/mol. The van der Waals surface area contributed by atoms with Crippen LogP contribution >= 0.6 is 0 Å². The highest BCUT2D eigenvalue weighted by Gasteiger charge is 2.07. The number of benzene rings is 1. The predicted octanol–water partition coefficient (Wildman–Crippen LogP) is 2.90. The molecule has 0 unspecified atom stereocenters. The normalized spacial score (nSPS) is 11.2. The molecular weight excluding hydrogens is 250 g/mol. The van der Waals surface area contributed by atoms with E-state index in [1.54, 1.807) is 0 Å². The maximum absolute atomic E-state index is 5.68. The maximum Gasteiger partial charge on any atom is 0.220 e. The van der Waals surface area contributed by atoms with E-state index >= 15 is 0 Å². The number of aromatic nitrogens is 2. The number of nitrogens with one attached hydrogen (secondary N) is 1. The summed E-state index contributed by atoms with van der Waals surface area (Å²) in [5.74, 6) is 1.43. The first-order chi connectivity index (χ1) is 9.63. The van der Waals surface area contributed by atoms with E-state index in [1.807, 2.05) is 0 Å². The molecule has 4 heteroatoms. The van der Waals surface area contributed by atoms with E-state index in [1.165, 1.54) is 11.1 Å². The molecule has 20 heavy (non-hydrogen) atoms. The van der Waals surface area contributed by atoms with Gasteiger partial charge in [0.2, 0.25) is 11.8 Å².